The zero-order chi connectivity index (χ0) is 11.1. The van der Waals surface area contributed by atoms with Crippen molar-refractivity contribution in [2.24, 2.45) is 0 Å². The average Bonchev–Trinajstić information content (AvgIpc) is 2.16. The average molecular weight is 242 g/mol. The maximum absolute atomic E-state index is 11.5. The normalized spacial score (nSPS) is 11.9. The Balaban J connectivity index is 2.99. The second-order valence-corrected chi connectivity index (χ2v) is 5.61. The number of hydrogen-bond donors (Lipinski definition) is 0. The Morgan fingerprint density at radius 1 is 1.27 bits per heavy atom. The molecule has 1 aromatic heterocycles. The predicted octanol–water partition coefficient (Wildman–Crippen LogP) is 2.29. The van der Waals surface area contributed by atoms with Crippen LogP contribution in [0.1, 0.15) is 0 Å². The minimum absolute atomic E-state index is 0.220. The van der Waals surface area contributed by atoms with E-state index in [9.17, 15) is 8.42 Å². The van der Waals surface area contributed by atoms with E-state index in [4.69, 9.17) is 11.6 Å². The van der Waals surface area contributed by atoms with Gasteiger partial charge in [0.05, 0.1) is 15.4 Å². The molecule has 1 heterocycles. The summed E-state index contributed by atoms with van der Waals surface area (Å²) in [6.07, 6.45) is 2.71. The minimum atomic E-state index is -3.28. The van der Waals surface area contributed by atoms with Gasteiger partial charge in [0.2, 0.25) is 0 Å². The van der Waals surface area contributed by atoms with Gasteiger partial charge in [-0.15, -0.1) is 0 Å². The number of sulfone groups is 1. The fourth-order valence-corrected chi connectivity index (χ4v) is 2.66. The maximum Gasteiger partial charge on any atom is 0.176 e. The van der Waals surface area contributed by atoms with E-state index in [1.54, 1.807) is 24.4 Å². The van der Waals surface area contributed by atoms with Crippen molar-refractivity contribution < 1.29 is 8.42 Å². The molecule has 0 unspecified atom stereocenters. The number of aromatic nitrogens is 1. The lowest BCUT2D eigenvalue weighted by Crippen LogP contribution is -1.98. The number of nitrogens with zero attached hydrogens (tertiary/aromatic N) is 1. The Morgan fingerprint density at radius 2 is 2.00 bits per heavy atom. The first kappa shape index (κ1) is 10.4. The monoisotopic (exact) mass is 241 g/mol. The number of pyridine rings is 1. The van der Waals surface area contributed by atoms with E-state index in [0.717, 1.165) is 6.26 Å². The molecule has 0 radical (unpaired) electrons. The lowest BCUT2D eigenvalue weighted by Gasteiger charge is -2.04. The second-order valence-electron chi connectivity index (χ2n) is 3.22. The molecule has 0 bridgehead atoms. The zero-order valence-corrected chi connectivity index (χ0v) is 9.51. The van der Waals surface area contributed by atoms with Gasteiger partial charge in [-0.05, 0) is 18.2 Å². The minimum Gasteiger partial charge on any atom is -0.256 e. The summed E-state index contributed by atoms with van der Waals surface area (Å²) in [4.78, 5) is 4.29. The van der Waals surface area contributed by atoms with Crippen LogP contribution in [0.2, 0.25) is 5.02 Å². The molecule has 0 saturated carbocycles. The molecule has 0 amide bonds. The van der Waals surface area contributed by atoms with Gasteiger partial charge >= 0.3 is 0 Å². The van der Waals surface area contributed by atoms with Gasteiger partial charge in [0, 0.05) is 17.8 Å². The Labute approximate surface area is 92.6 Å². The van der Waals surface area contributed by atoms with Crippen molar-refractivity contribution >= 4 is 32.3 Å². The third kappa shape index (κ3) is 1.82. The summed E-state index contributed by atoms with van der Waals surface area (Å²) in [5.74, 6) is 0. The molecule has 78 valence electrons. The van der Waals surface area contributed by atoms with E-state index in [0.29, 0.717) is 15.9 Å². The summed E-state index contributed by atoms with van der Waals surface area (Å²) in [5, 5.41) is 0.894. The third-order valence-corrected chi connectivity index (χ3v) is 3.53. The van der Waals surface area contributed by atoms with Gasteiger partial charge in [0.15, 0.2) is 9.84 Å². The number of halogens is 1. The van der Waals surface area contributed by atoms with Gasteiger partial charge < -0.3 is 0 Å². The van der Waals surface area contributed by atoms with Gasteiger partial charge in [-0.25, -0.2) is 8.42 Å². The number of fused-ring (bicyclic) bond motifs is 1. The summed E-state index contributed by atoms with van der Waals surface area (Å²) in [7, 11) is -3.28. The molecular formula is C10H8ClNO2S. The largest absolute Gasteiger partial charge is 0.256 e. The van der Waals surface area contributed by atoms with Crippen LogP contribution in [0.25, 0.3) is 10.9 Å². The Bertz CT molecular complexity index is 617. The first-order valence-corrected chi connectivity index (χ1v) is 6.50. The molecule has 15 heavy (non-hydrogen) atoms. The predicted molar refractivity (Wildman–Crippen MR) is 59.9 cm³/mol. The van der Waals surface area contributed by atoms with Crippen molar-refractivity contribution in [1.82, 2.24) is 4.98 Å². The summed E-state index contributed by atoms with van der Waals surface area (Å²) in [6, 6.07) is 6.50. The summed E-state index contributed by atoms with van der Waals surface area (Å²) < 4.78 is 23.0. The highest BCUT2D eigenvalue weighted by molar-refractivity contribution is 7.91. The van der Waals surface area contributed by atoms with Crippen molar-refractivity contribution in [2.75, 3.05) is 6.26 Å². The Morgan fingerprint density at radius 3 is 2.67 bits per heavy atom. The molecular weight excluding hydrogens is 234 g/mol. The highest BCUT2D eigenvalue weighted by atomic mass is 35.5. The van der Waals surface area contributed by atoms with Crippen molar-refractivity contribution in [1.29, 1.82) is 0 Å². The van der Waals surface area contributed by atoms with Crippen LogP contribution in [0.5, 0.6) is 0 Å². The molecule has 0 N–H and O–H groups in total. The number of hydrogen-bond acceptors (Lipinski definition) is 3. The molecule has 0 aliphatic rings. The van der Waals surface area contributed by atoms with E-state index in [1.807, 2.05) is 0 Å². The molecule has 1 aromatic carbocycles. The van der Waals surface area contributed by atoms with Crippen LogP contribution < -0.4 is 0 Å². The van der Waals surface area contributed by atoms with Crippen LogP contribution in [-0.4, -0.2) is 19.7 Å². The standard InChI is InChI=1S/C10H8ClNO2S/c1-15(13,14)9-4-2-3-8-10(9)7(11)5-6-12-8/h2-6H,1H3. The van der Waals surface area contributed by atoms with E-state index >= 15 is 0 Å². The second kappa shape index (κ2) is 3.47. The zero-order valence-electron chi connectivity index (χ0n) is 7.94. The van der Waals surface area contributed by atoms with Gasteiger partial charge in [-0.3, -0.25) is 4.98 Å². The highest BCUT2D eigenvalue weighted by Gasteiger charge is 2.13. The van der Waals surface area contributed by atoms with Crippen molar-refractivity contribution in [3.05, 3.63) is 35.5 Å². The smallest absolute Gasteiger partial charge is 0.176 e. The lowest BCUT2D eigenvalue weighted by atomic mass is 10.2. The topological polar surface area (TPSA) is 47.0 Å². The Hall–Kier alpha value is -1.13. The third-order valence-electron chi connectivity index (χ3n) is 2.08. The Kier molecular flexibility index (Phi) is 2.40. The summed E-state index contributed by atoms with van der Waals surface area (Å²) in [5.41, 5.74) is 0.588. The fraction of sp³-hybridized carbons (Fsp3) is 0.100. The molecule has 0 aliphatic carbocycles. The van der Waals surface area contributed by atoms with Crippen molar-refractivity contribution in [2.45, 2.75) is 4.90 Å². The molecule has 5 heteroatoms. The molecule has 0 saturated heterocycles. The van der Waals surface area contributed by atoms with Gasteiger partial charge in [-0.2, -0.15) is 0 Å². The first-order valence-electron chi connectivity index (χ1n) is 4.23. The van der Waals surface area contributed by atoms with E-state index in [2.05, 4.69) is 4.98 Å². The summed E-state index contributed by atoms with van der Waals surface area (Å²) in [6.45, 7) is 0. The van der Waals surface area contributed by atoms with Crippen LogP contribution in [0.15, 0.2) is 35.4 Å². The molecule has 0 aliphatic heterocycles. The fourth-order valence-electron chi connectivity index (χ4n) is 1.44. The van der Waals surface area contributed by atoms with Crippen molar-refractivity contribution in [3.8, 4) is 0 Å². The molecule has 0 fully saturated rings. The van der Waals surface area contributed by atoms with Gasteiger partial charge in [-0.1, -0.05) is 17.7 Å². The molecule has 0 spiro atoms. The quantitative estimate of drug-likeness (QED) is 0.770. The van der Waals surface area contributed by atoms with Crippen LogP contribution in [0, 0.1) is 0 Å². The van der Waals surface area contributed by atoms with Gasteiger partial charge in [0.1, 0.15) is 0 Å². The summed E-state index contributed by atoms with van der Waals surface area (Å²) >= 11 is 5.96. The molecule has 0 atom stereocenters. The van der Waals surface area contributed by atoms with Crippen LogP contribution in [0.4, 0.5) is 0 Å². The van der Waals surface area contributed by atoms with Crippen LogP contribution in [-0.2, 0) is 9.84 Å². The van der Waals surface area contributed by atoms with Crippen LogP contribution >= 0.6 is 11.6 Å². The van der Waals surface area contributed by atoms with Gasteiger partial charge in [0.25, 0.3) is 0 Å². The SMILES string of the molecule is CS(=O)(=O)c1cccc2nccc(Cl)c12. The van der Waals surface area contributed by atoms with E-state index in [-0.39, 0.29) is 4.90 Å². The number of benzene rings is 1. The van der Waals surface area contributed by atoms with Crippen LogP contribution in [0.3, 0.4) is 0 Å². The maximum atomic E-state index is 11.5. The highest BCUT2D eigenvalue weighted by Crippen LogP contribution is 2.27. The van der Waals surface area contributed by atoms with E-state index in [1.165, 1.54) is 6.07 Å². The number of rotatable bonds is 1. The first-order chi connectivity index (χ1) is 7.00. The molecule has 3 nitrogen and oxygen atoms in total. The van der Waals surface area contributed by atoms with E-state index < -0.39 is 9.84 Å². The molecule has 2 aromatic rings. The lowest BCUT2D eigenvalue weighted by molar-refractivity contribution is 0.602. The molecule has 2 rings (SSSR count). The van der Waals surface area contributed by atoms with Crippen molar-refractivity contribution in [3.63, 3.8) is 0 Å².